The Hall–Kier alpha value is -1.10. The van der Waals surface area contributed by atoms with E-state index in [2.05, 4.69) is 5.32 Å². The van der Waals surface area contributed by atoms with Crippen molar-refractivity contribution in [3.63, 3.8) is 0 Å². The molecule has 2 N–H and O–H groups in total. The molecule has 1 saturated heterocycles. The Morgan fingerprint density at radius 2 is 2.00 bits per heavy atom. The minimum atomic E-state index is -1.10. The van der Waals surface area contributed by atoms with Gasteiger partial charge in [0.15, 0.2) is 0 Å². The van der Waals surface area contributed by atoms with Crippen LogP contribution < -0.4 is 5.32 Å². The molecule has 5 nitrogen and oxygen atoms in total. The fraction of sp³-hybridized carbons (Fsp3) is 0.857. The second-order valence-electron chi connectivity index (χ2n) is 6.01. The van der Waals surface area contributed by atoms with Gasteiger partial charge in [0.25, 0.3) is 0 Å². The molecule has 1 heterocycles. The van der Waals surface area contributed by atoms with E-state index < -0.39 is 11.5 Å². The highest BCUT2D eigenvalue weighted by Crippen LogP contribution is 2.39. The van der Waals surface area contributed by atoms with E-state index in [-0.39, 0.29) is 24.0 Å². The Kier molecular flexibility index (Phi) is 4.13. The maximum atomic E-state index is 11.9. The van der Waals surface area contributed by atoms with Gasteiger partial charge >= 0.3 is 5.97 Å². The maximum absolute atomic E-state index is 11.9. The highest BCUT2D eigenvalue weighted by atomic mass is 16.5. The van der Waals surface area contributed by atoms with Crippen molar-refractivity contribution in [2.24, 2.45) is 5.92 Å². The van der Waals surface area contributed by atoms with Crippen molar-refractivity contribution in [1.29, 1.82) is 0 Å². The van der Waals surface area contributed by atoms with E-state index in [0.717, 1.165) is 25.7 Å². The lowest BCUT2D eigenvalue weighted by atomic mass is 9.95. The summed E-state index contributed by atoms with van der Waals surface area (Å²) in [4.78, 5) is 23.2. The fourth-order valence-electron chi connectivity index (χ4n) is 2.73. The van der Waals surface area contributed by atoms with E-state index in [0.29, 0.717) is 12.8 Å². The SMILES string of the molecule is CC1CCC(CCC(=O)NC(C)(C(=O)O)C2CC2)O1. The standard InChI is InChI=1S/C14H23NO4/c1-9-3-6-11(19-9)7-8-12(16)15-14(2,13(17)18)10-4-5-10/h9-11H,3-8H2,1-2H3,(H,15,16)(H,17,18). The second-order valence-corrected chi connectivity index (χ2v) is 6.01. The number of nitrogens with one attached hydrogen (secondary N) is 1. The van der Waals surface area contributed by atoms with Gasteiger partial charge in [0, 0.05) is 6.42 Å². The van der Waals surface area contributed by atoms with Crippen LogP contribution in [0.25, 0.3) is 0 Å². The number of carboxylic acids is 1. The van der Waals surface area contributed by atoms with Gasteiger partial charge in [-0.25, -0.2) is 4.79 Å². The van der Waals surface area contributed by atoms with E-state index >= 15 is 0 Å². The van der Waals surface area contributed by atoms with Gasteiger partial charge in [0.1, 0.15) is 5.54 Å². The first-order valence-electron chi connectivity index (χ1n) is 7.11. The van der Waals surface area contributed by atoms with Crippen molar-refractivity contribution < 1.29 is 19.4 Å². The summed E-state index contributed by atoms with van der Waals surface area (Å²) >= 11 is 0. The number of carboxylic acid groups (broad SMARTS) is 1. The van der Waals surface area contributed by atoms with Crippen LogP contribution in [-0.4, -0.2) is 34.7 Å². The van der Waals surface area contributed by atoms with Gasteiger partial charge in [-0.05, 0) is 51.9 Å². The Morgan fingerprint density at radius 3 is 2.47 bits per heavy atom. The Labute approximate surface area is 113 Å². The van der Waals surface area contributed by atoms with Crippen molar-refractivity contribution in [3.8, 4) is 0 Å². The third kappa shape index (κ3) is 3.47. The van der Waals surface area contributed by atoms with E-state index in [1.165, 1.54) is 0 Å². The van der Waals surface area contributed by atoms with Gasteiger partial charge in [0.05, 0.1) is 12.2 Å². The van der Waals surface area contributed by atoms with Crippen LogP contribution in [0.4, 0.5) is 0 Å². The van der Waals surface area contributed by atoms with Gasteiger partial charge in [-0.3, -0.25) is 4.79 Å². The third-order valence-electron chi connectivity index (χ3n) is 4.25. The van der Waals surface area contributed by atoms with Gasteiger partial charge in [0.2, 0.25) is 5.91 Å². The summed E-state index contributed by atoms with van der Waals surface area (Å²) in [6, 6.07) is 0. The molecule has 0 radical (unpaired) electrons. The zero-order valence-electron chi connectivity index (χ0n) is 11.6. The molecule has 1 amide bonds. The molecular weight excluding hydrogens is 246 g/mol. The minimum Gasteiger partial charge on any atom is -0.480 e. The Balaban J connectivity index is 1.78. The van der Waals surface area contributed by atoms with Crippen molar-refractivity contribution in [2.75, 3.05) is 0 Å². The van der Waals surface area contributed by atoms with Crippen molar-refractivity contribution >= 4 is 11.9 Å². The molecule has 19 heavy (non-hydrogen) atoms. The summed E-state index contributed by atoms with van der Waals surface area (Å²) in [5.41, 5.74) is -1.10. The quantitative estimate of drug-likeness (QED) is 0.769. The fourth-order valence-corrected chi connectivity index (χ4v) is 2.73. The number of ether oxygens (including phenoxy) is 1. The summed E-state index contributed by atoms with van der Waals surface area (Å²) in [5.74, 6) is -1.04. The van der Waals surface area contributed by atoms with Crippen LogP contribution in [0.3, 0.4) is 0 Å². The first kappa shape index (κ1) is 14.3. The van der Waals surface area contributed by atoms with E-state index in [4.69, 9.17) is 4.74 Å². The van der Waals surface area contributed by atoms with Crippen molar-refractivity contribution in [3.05, 3.63) is 0 Å². The van der Waals surface area contributed by atoms with Gasteiger partial charge in [-0.15, -0.1) is 0 Å². The summed E-state index contributed by atoms with van der Waals surface area (Å²) in [6.45, 7) is 3.65. The number of hydrogen-bond acceptors (Lipinski definition) is 3. The Morgan fingerprint density at radius 1 is 1.32 bits per heavy atom. The van der Waals surface area contributed by atoms with Gasteiger partial charge in [-0.2, -0.15) is 0 Å². The zero-order valence-corrected chi connectivity index (χ0v) is 11.6. The van der Waals surface area contributed by atoms with Crippen LogP contribution >= 0.6 is 0 Å². The summed E-state index contributed by atoms with van der Waals surface area (Å²) in [7, 11) is 0. The molecule has 2 aliphatic rings. The van der Waals surface area contributed by atoms with Crippen molar-refractivity contribution in [2.45, 2.75) is 70.1 Å². The zero-order chi connectivity index (χ0) is 14.0. The predicted molar refractivity (Wildman–Crippen MR) is 69.7 cm³/mol. The summed E-state index contributed by atoms with van der Waals surface area (Å²) < 4.78 is 5.65. The lowest BCUT2D eigenvalue weighted by Gasteiger charge is -2.26. The summed E-state index contributed by atoms with van der Waals surface area (Å²) in [5, 5.41) is 12.0. The molecule has 3 atom stereocenters. The number of aliphatic carboxylic acids is 1. The van der Waals surface area contributed by atoms with E-state index in [1.54, 1.807) is 6.92 Å². The molecule has 108 valence electrons. The van der Waals surface area contributed by atoms with E-state index in [1.807, 2.05) is 6.92 Å². The van der Waals surface area contributed by atoms with Crippen LogP contribution in [0.2, 0.25) is 0 Å². The monoisotopic (exact) mass is 269 g/mol. The Bertz CT molecular complexity index is 366. The normalized spacial score (nSPS) is 29.8. The first-order chi connectivity index (χ1) is 8.91. The molecule has 0 spiro atoms. The van der Waals surface area contributed by atoms with E-state index in [9.17, 15) is 14.7 Å². The topological polar surface area (TPSA) is 75.6 Å². The van der Waals surface area contributed by atoms with Crippen LogP contribution in [0.15, 0.2) is 0 Å². The molecular formula is C14H23NO4. The number of carbonyl (C=O) groups is 2. The highest BCUT2D eigenvalue weighted by Gasteiger charge is 2.48. The molecule has 3 unspecified atom stereocenters. The van der Waals surface area contributed by atoms with Gasteiger partial charge < -0.3 is 15.2 Å². The molecule has 0 bridgehead atoms. The molecule has 2 fully saturated rings. The molecule has 0 aromatic carbocycles. The third-order valence-corrected chi connectivity index (χ3v) is 4.25. The van der Waals surface area contributed by atoms with Crippen LogP contribution in [0.5, 0.6) is 0 Å². The molecule has 1 aliphatic heterocycles. The molecule has 5 heteroatoms. The smallest absolute Gasteiger partial charge is 0.329 e. The van der Waals surface area contributed by atoms with Crippen LogP contribution in [0, 0.1) is 5.92 Å². The first-order valence-corrected chi connectivity index (χ1v) is 7.11. The summed E-state index contributed by atoms with van der Waals surface area (Å²) in [6.07, 6.45) is 5.25. The molecule has 1 aliphatic carbocycles. The molecule has 2 rings (SSSR count). The number of hydrogen-bond donors (Lipinski definition) is 2. The molecule has 0 aromatic heterocycles. The second kappa shape index (κ2) is 5.49. The molecule has 1 saturated carbocycles. The van der Waals surface area contributed by atoms with Gasteiger partial charge in [-0.1, -0.05) is 0 Å². The van der Waals surface area contributed by atoms with Crippen LogP contribution in [-0.2, 0) is 14.3 Å². The average molecular weight is 269 g/mol. The number of amides is 1. The maximum Gasteiger partial charge on any atom is 0.329 e. The predicted octanol–water partition coefficient (Wildman–Crippen LogP) is 1.70. The lowest BCUT2D eigenvalue weighted by molar-refractivity contribution is -0.148. The van der Waals surface area contributed by atoms with Crippen LogP contribution in [0.1, 0.15) is 52.4 Å². The van der Waals surface area contributed by atoms with Crippen molar-refractivity contribution in [1.82, 2.24) is 5.32 Å². The highest BCUT2D eigenvalue weighted by molar-refractivity contribution is 5.87. The lowest BCUT2D eigenvalue weighted by Crippen LogP contribution is -2.54. The average Bonchev–Trinajstić information content (AvgIpc) is 3.11. The minimum absolute atomic E-state index is 0.0803. The molecule has 0 aromatic rings. The number of rotatable bonds is 6. The number of carbonyl (C=O) groups excluding carboxylic acids is 1. The largest absolute Gasteiger partial charge is 0.480 e.